The third-order valence-corrected chi connectivity index (χ3v) is 4.51. The number of benzene rings is 1. The van der Waals surface area contributed by atoms with Crippen LogP contribution in [0, 0.1) is 5.92 Å². The highest BCUT2D eigenvalue weighted by Crippen LogP contribution is 2.19. The van der Waals surface area contributed by atoms with Gasteiger partial charge >= 0.3 is 6.03 Å². The molecule has 0 aromatic heterocycles. The van der Waals surface area contributed by atoms with Crippen LogP contribution < -0.4 is 10.6 Å². The van der Waals surface area contributed by atoms with Gasteiger partial charge in [-0.2, -0.15) is 0 Å². The Hall–Kier alpha value is -2.04. The molecular weight excluding hydrogens is 290 g/mol. The van der Waals surface area contributed by atoms with Crippen molar-refractivity contribution in [1.82, 2.24) is 10.2 Å². The van der Waals surface area contributed by atoms with Crippen LogP contribution >= 0.6 is 0 Å². The summed E-state index contributed by atoms with van der Waals surface area (Å²) in [6.07, 6.45) is 3.32. The molecule has 23 heavy (non-hydrogen) atoms. The Bertz CT molecular complexity index is 506. The van der Waals surface area contributed by atoms with Gasteiger partial charge < -0.3 is 15.5 Å². The van der Waals surface area contributed by atoms with Crippen molar-refractivity contribution in [3.63, 3.8) is 0 Å². The van der Waals surface area contributed by atoms with Gasteiger partial charge in [-0.15, -0.1) is 0 Å². The van der Waals surface area contributed by atoms with E-state index in [0.29, 0.717) is 13.1 Å². The lowest BCUT2D eigenvalue weighted by Crippen LogP contribution is -2.48. The maximum atomic E-state index is 12.3. The number of likely N-dealkylation sites (tertiary alicyclic amines) is 1. The van der Waals surface area contributed by atoms with Crippen molar-refractivity contribution in [3.8, 4) is 0 Å². The Labute approximate surface area is 138 Å². The van der Waals surface area contributed by atoms with Gasteiger partial charge in [0.15, 0.2) is 0 Å². The molecule has 0 spiro atoms. The van der Waals surface area contributed by atoms with Gasteiger partial charge in [-0.1, -0.05) is 32.0 Å². The predicted molar refractivity (Wildman–Crippen MR) is 92.3 cm³/mol. The van der Waals surface area contributed by atoms with Crippen LogP contribution in [0.2, 0.25) is 0 Å². The fourth-order valence-electron chi connectivity index (χ4n) is 2.87. The summed E-state index contributed by atoms with van der Waals surface area (Å²) in [5, 5.41) is 6.00. The first kappa shape index (κ1) is 17.3. The van der Waals surface area contributed by atoms with Gasteiger partial charge in [0.25, 0.3) is 0 Å². The number of amides is 3. The van der Waals surface area contributed by atoms with E-state index in [1.165, 1.54) is 0 Å². The molecule has 1 aromatic carbocycles. The summed E-state index contributed by atoms with van der Waals surface area (Å²) >= 11 is 0. The van der Waals surface area contributed by atoms with E-state index in [4.69, 9.17) is 0 Å². The SMILES string of the molecule is CCC(CC)NC(=O)N1CCC(C(=O)Nc2ccccc2)CC1. The van der Waals surface area contributed by atoms with Crippen molar-refractivity contribution < 1.29 is 9.59 Å². The minimum atomic E-state index is -0.0209. The van der Waals surface area contributed by atoms with Gasteiger partial charge in [0.1, 0.15) is 0 Å². The molecule has 1 aliphatic heterocycles. The monoisotopic (exact) mass is 317 g/mol. The normalized spacial score (nSPS) is 15.5. The molecule has 1 heterocycles. The van der Waals surface area contributed by atoms with Crippen molar-refractivity contribution in [1.29, 1.82) is 0 Å². The van der Waals surface area contributed by atoms with Crippen LogP contribution in [0.5, 0.6) is 0 Å². The van der Waals surface area contributed by atoms with E-state index >= 15 is 0 Å². The van der Waals surface area contributed by atoms with Gasteiger partial charge in [-0.05, 0) is 37.8 Å². The van der Waals surface area contributed by atoms with Gasteiger partial charge in [0.2, 0.25) is 5.91 Å². The number of hydrogen-bond acceptors (Lipinski definition) is 2. The second-order valence-electron chi connectivity index (χ2n) is 6.08. The van der Waals surface area contributed by atoms with Crippen molar-refractivity contribution in [3.05, 3.63) is 30.3 Å². The van der Waals surface area contributed by atoms with Crippen molar-refractivity contribution in [2.24, 2.45) is 5.92 Å². The lowest BCUT2D eigenvalue weighted by atomic mass is 9.96. The van der Waals surface area contributed by atoms with Crippen LogP contribution in [0.4, 0.5) is 10.5 Å². The summed E-state index contributed by atoms with van der Waals surface area (Å²) in [7, 11) is 0. The van der Waals surface area contributed by atoms with Crippen LogP contribution in [-0.2, 0) is 4.79 Å². The first-order chi connectivity index (χ1) is 11.1. The minimum absolute atomic E-state index is 0.000572. The molecule has 0 atom stereocenters. The van der Waals surface area contributed by atoms with Gasteiger partial charge in [-0.3, -0.25) is 4.79 Å². The van der Waals surface area contributed by atoms with E-state index in [2.05, 4.69) is 24.5 Å². The van der Waals surface area contributed by atoms with Crippen LogP contribution in [0.3, 0.4) is 0 Å². The molecule has 1 saturated heterocycles. The number of urea groups is 1. The van der Waals surface area contributed by atoms with Crippen LogP contribution in [-0.4, -0.2) is 36.0 Å². The number of carbonyl (C=O) groups excluding carboxylic acids is 2. The van der Waals surface area contributed by atoms with Gasteiger partial charge in [0, 0.05) is 30.7 Å². The number of hydrogen-bond donors (Lipinski definition) is 2. The Morgan fingerprint density at radius 2 is 1.74 bits per heavy atom. The number of piperidine rings is 1. The lowest BCUT2D eigenvalue weighted by molar-refractivity contribution is -0.121. The maximum absolute atomic E-state index is 12.3. The quantitative estimate of drug-likeness (QED) is 0.876. The summed E-state index contributed by atoms with van der Waals surface area (Å²) in [4.78, 5) is 26.3. The molecule has 2 N–H and O–H groups in total. The highest BCUT2D eigenvalue weighted by atomic mass is 16.2. The molecule has 0 unspecified atom stereocenters. The molecule has 126 valence electrons. The second-order valence-corrected chi connectivity index (χ2v) is 6.08. The highest BCUT2D eigenvalue weighted by molar-refractivity contribution is 5.92. The Balaban J connectivity index is 1.79. The number of para-hydroxylation sites is 1. The largest absolute Gasteiger partial charge is 0.335 e. The van der Waals surface area contributed by atoms with Crippen molar-refractivity contribution in [2.45, 2.75) is 45.6 Å². The Kier molecular flexibility index (Phi) is 6.44. The molecule has 5 heteroatoms. The van der Waals surface area contributed by atoms with Crippen LogP contribution in [0.15, 0.2) is 30.3 Å². The lowest BCUT2D eigenvalue weighted by Gasteiger charge is -2.32. The topological polar surface area (TPSA) is 61.4 Å². The first-order valence-electron chi connectivity index (χ1n) is 8.55. The van der Waals surface area contributed by atoms with Crippen LogP contribution in [0.1, 0.15) is 39.5 Å². The fourth-order valence-corrected chi connectivity index (χ4v) is 2.87. The first-order valence-corrected chi connectivity index (χ1v) is 8.55. The molecule has 0 bridgehead atoms. The van der Waals surface area contributed by atoms with E-state index in [1.807, 2.05) is 35.2 Å². The molecule has 0 saturated carbocycles. The van der Waals surface area contributed by atoms with Crippen LogP contribution in [0.25, 0.3) is 0 Å². The highest BCUT2D eigenvalue weighted by Gasteiger charge is 2.27. The molecule has 0 aliphatic carbocycles. The molecule has 5 nitrogen and oxygen atoms in total. The Morgan fingerprint density at radius 3 is 2.30 bits per heavy atom. The maximum Gasteiger partial charge on any atom is 0.317 e. The number of nitrogens with one attached hydrogen (secondary N) is 2. The zero-order chi connectivity index (χ0) is 16.7. The number of rotatable bonds is 5. The molecular formula is C18H27N3O2. The summed E-state index contributed by atoms with van der Waals surface area (Å²) < 4.78 is 0. The number of carbonyl (C=O) groups is 2. The van der Waals surface area contributed by atoms with E-state index in [1.54, 1.807) is 0 Å². The minimum Gasteiger partial charge on any atom is -0.335 e. The molecule has 0 radical (unpaired) electrons. The number of anilines is 1. The zero-order valence-electron chi connectivity index (χ0n) is 14.0. The number of nitrogens with zero attached hydrogens (tertiary/aromatic N) is 1. The predicted octanol–water partition coefficient (Wildman–Crippen LogP) is 3.24. The third-order valence-electron chi connectivity index (χ3n) is 4.51. The van der Waals surface area contributed by atoms with E-state index in [-0.39, 0.29) is 23.9 Å². The standard InChI is InChI=1S/C18H27N3O2/c1-3-15(4-2)20-18(23)21-12-10-14(11-13-21)17(22)19-16-8-6-5-7-9-16/h5-9,14-15H,3-4,10-13H2,1-2H3,(H,19,22)(H,20,23). The zero-order valence-corrected chi connectivity index (χ0v) is 14.0. The van der Waals surface area contributed by atoms with Gasteiger partial charge in [0.05, 0.1) is 0 Å². The summed E-state index contributed by atoms with van der Waals surface area (Å²) in [5.41, 5.74) is 0.825. The average molecular weight is 317 g/mol. The van der Waals surface area contributed by atoms with E-state index in [0.717, 1.165) is 31.4 Å². The average Bonchev–Trinajstić information content (AvgIpc) is 2.60. The van der Waals surface area contributed by atoms with E-state index < -0.39 is 0 Å². The summed E-state index contributed by atoms with van der Waals surface area (Å²) in [5.74, 6) is 0.0312. The Morgan fingerprint density at radius 1 is 1.13 bits per heavy atom. The summed E-state index contributed by atoms with van der Waals surface area (Å²) in [6, 6.07) is 9.74. The van der Waals surface area contributed by atoms with E-state index in [9.17, 15) is 9.59 Å². The van der Waals surface area contributed by atoms with Gasteiger partial charge in [-0.25, -0.2) is 4.79 Å². The van der Waals surface area contributed by atoms with Crippen molar-refractivity contribution in [2.75, 3.05) is 18.4 Å². The molecule has 1 fully saturated rings. The molecule has 3 amide bonds. The smallest absolute Gasteiger partial charge is 0.317 e. The molecule has 1 aliphatic rings. The fraction of sp³-hybridized carbons (Fsp3) is 0.556. The molecule has 1 aromatic rings. The third kappa shape index (κ3) is 4.98. The molecule has 2 rings (SSSR count). The van der Waals surface area contributed by atoms with Crippen molar-refractivity contribution >= 4 is 17.6 Å². The second kappa shape index (κ2) is 8.56. The summed E-state index contributed by atoms with van der Waals surface area (Å²) in [6.45, 7) is 5.43.